The number of thiazole rings is 1. The molecule has 1 heterocycles. The summed E-state index contributed by atoms with van der Waals surface area (Å²) in [6, 6.07) is 5.56. The number of amides is 1. The lowest BCUT2D eigenvalue weighted by atomic mass is 10.2. The molecule has 1 amide bonds. The van der Waals surface area contributed by atoms with Crippen LogP contribution in [0.5, 0.6) is 0 Å². The van der Waals surface area contributed by atoms with Gasteiger partial charge in [-0.05, 0) is 24.6 Å². The zero-order valence-corrected chi connectivity index (χ0v) is 11.2. The van der Waals surface area contributed by atoms with Crippen LogP contribution < -0.4 is 11.1 Å². The number of carbonyl (C=O) groups excluding carboxylic acids is 1. The number of hydrogen-bond donors (Lipinski definition) is 2. The summed E-state index contributed by atoms with van der Waals surface area (Å²) >= 11 is 1.46. The van der Waals surface area contributed by atoms with Crippen LogP contribution in [-0.4, -0.2) is 10.9 Å². The van der Waals surface area contributed by atoms with Crippen LogP contribution >= 0.6 is 11.3 Å². The maximum absolute atomic E-state index is 11.7. The Morgan fingerprint density at radius 3 is 3.06 bits per heavy atom. The molecule has 0 aliphatic carbocycles. The molecule has 0 saturated heterocycles. The molecule has 1 aromatic heterocycles. The fourth-order valence-corrected chi connectivity index (χ4v) is 2.64. The van der Waals surface area contributed by atoms with Gasteiger partial charge in [0, 0.05) is 12.1 Å². The van der Waals surface area contributed by atoms with Gasteiger partial charge >= 0.3 is 0 Å². The lowest BCUT2D eigenvalue weighted by Crippen LogP contribution is -2.10. The van der Waals surface area contributed by atoms with Crippen LogP contribution in [0, 0.1) is 0 Å². The molecule has 3 N–H and O–H groups in total. The van der Waals surface area contributed by atoms with Gasteiger partial charge in [-0.2, -0.15) is 0 Å². The number of aromatic nitrogens is 1. The van der Waals surface area contributed by atoms with E-state index < -0.39 is 0 Å². The minimum atomic E-state index is 0.0375. The average molecular weight is 263 g/mol. The van der Waals surface area contributed by atoms with Crippen LogP contribution in [0.3, 0.4) is 0 Å². The topological polar surface area (TPSA) is 68.0 Å². The molecule has 0 atom stereocenters. The first-order valence-electron chi connectivity index (χ1n) is 6.15. The predicted octanol–water partition coefficient (Wildman–Crippen LogP) is 3.40. The maximum Gasteiger partial charge on any atom is 0.226 e. The lowest BCUT2D eigenvalue weighted by molar-refractivity contribution is -0.116. The third-order valence-corrected chi connectivity index (χ3v) is 3.60. The van der Waals surface area contributed by atoms with E-state index in [2.05, 4.69) is 17.2 Å². The monoisotopic (exact) mass is 263 g/mol. The number of hydrogen-bond acceptors (Lipinski definition) is 4. The molecule has 18 heavy (non-hydrogen) atoms. The highest BCUT2D eigenvalue weighted by Gasteiger charge is 2.07. The van der Waals surface area contributed by atoms with Crippen LogP contribution in [0.15, 0.2) is 18.2 Å². The number of anilines is 2. The van der Waals surface area contributed by atoms with Gasteiger partial charge in [0.2, 0.25) is 5.91 Å². The van der Waals surface area contributed by atoms with E-state index in [1.807, 2.05) is 18.2 Å². The number of carbonyl (C=O) groups is 1. The van der Waals surface area contributed by atoms with Crippen molar-refractivity contribution < 1.29 is 4.79 Å². The highest BCUT2D eigenvalue weighted by Crippen LogP contribution is 2.27. The normalized spacial score (nSPS) is 10.7. The number of fused-ring (bicyclic) bond motifs is 1. The second kappa shape index (κ2) is 5.82. The molecular weight excluding hydrogens is 246 g/mol. The van der Waals surface area contributed by atoms with Crippen molar-refractivity contribution in [2.24, 2.45) is 0 Å². The number of nitrogens with zero attached hydrogens (tertiary/aromatic N) is 1. The summed E-state index contributed by atoms with van der Waals surface area (Å²) in [4.78, 5) is 16.0. The van der Waals surface area contributed by atoms with Crippen molar-refractivity contribution in [2.75, 3.05) is 11.1 Å². The second-order valence-electron chi connectivity index (χ2n) is 4.25. The van der Waals surface area contributed by atoms with Crippen LogP contribution in [0.2, 0.25) is 0 Å². The molecule has 0 bridgehead atoms. The number of nitrogens with two attached hydrogens (primary N) is 1. The lowest BCUT2D eigenvalue weighted by Gasteiger charge is -1.99. The van der Waals surface area contributed by atoms with E-state index in [4.69, 9.17) is 5.73 Å². The molecule has 0 spiro atoms. The van der Waals surface area contributed by atoms with E-state index in [1.54, 1.807) is 0 Å². The Hall–Kier alpha value is -1.62. The number of benzene rings is 1. The largest absolute Gasteiger partial charge is 0.399 e. The van der Waals surface area contributed by atoms with E-state index in [0.29, 0.717) is 17.2 Å². The molecular formula is C13H17N3OS. The van der Waals surface area contributed by atoms with E-state index in [0.717, 1.165) is 29.5 Å². The van der Waals surface area contributed by atoms with Gasteiger partial charge in [-0.25, -0.2) is 4.98 Å². The minimum absolute atomic E-state index is 0.0375. The van der Waals surface area contributed by atoms with Crippen molar-refractivity contribution in [2.45, 2.75) is 32.6 Å². The van der Waals surface area contributed by atoms with Gasteiger partial charge in [0.05, 0.1) is 10.2 Å². The van der Waals surface area contributed by atoms with E-state index >= 15 is 0 Å². The quantitative estimate of drug-likeness (QED) is 0.641. The summed E-state index contributed by atoms with van der Waals surface area (Å²) in [6.45, 7) is 2.12. The number of nitrogen functional groups attached to an aromatic ring is 1. The maximum atomic E-state index is 11.7. The van der Waals surface area contributed by atoms with Gasteiger partial charge in [0.1, 0.15) is 0 Å². The zero-order valence-electron chi connectivity index (χ0n) is 10.4. The summed E-state index contributed by atoms with van der Waals surface area (Å²) in [6.07, 6.45) is 3.70. The molecule has 4 nitrogen and oxygen atoms in total. The van der Waals surface area contributed by atoms with Crippen molar-refractivity contribution in [1.82, 2.24) is 4.98 Å². The Kier molecular flexibility index (Phi) is 4.15. The summed E-state index contributed by atoms with van der Waals surface area (Å²) in [7, 11) is 0. The first-order valence-corrected chi connectivity index (χ1v) is 6.96. The standard InChI is InChI=1S/C13H17N3OS/c1-2-3-4-5-12(17)16-13-15-10-7-6-9(14)8-11(10)18-13/h6-8H,2-5,14H2,1H3,(H,15,16,17). The summed E-state index contributed by atoms with van der Waals surface area (Å²) in [5.41, 5.74) is 7.29. The van der Waals surface area contributed by atoms with Crippen LogP contribution in [0.25, 0.3) is 10.2 Å². The highest BCUT2D eigenvalue weighted by atomic mass is 32.1. The van der Waals surface area contributed by atoms with Crippen molar-refractivity contribution in [3.05, 3.63) is 18.2 Å². The van der Waals surface area contributed by atoms with Gasteiger partial charge in [-0.15, -0.1) is 0 Å². The molecule has 5 heteroatoms. The smallest absolute Gasteiger partial charge is 0.226 e. The van der Waals surface area contributed by atoms with Crippen molar-refractivity contribution in [3.63, 3.8) is 0 Å². The molecule has 2 rings (SSSR count). The van der Waals surface area contributed by atoms with Crippen molar-refractivity contribution in [3.8, 4) is 0 Å². The van der Waals surface area contributed by atoms with Crippen molar-refractivity contribution in [1.29, 1.82) is 0 Å². The zero-order chi connectivity index (χ0) is 13.0. The SMILES string of the molecule is CCCCCC(=O)Nc1nc2ccc(N)cc2s1. The molecule has 1 aromatic carbocycles. The first kappa shape index (κ1) is 12.8. The number of unbranched alkanes of at least 4 members (excludes halogenated alkanes) is 2. The second-order valence-corrected chi connectivity index (χ2v) is 5.28. The highest BCUT2D eigenvalue weighted by molar-refractivity contribution is 7.22. The first-order chi connectivity index (χ1) is 8.69. The number of rotatable bonds is 5. The molecule has 0 radical (unpaired) electrons. The van der Waals surface area contributed by atoms with E-state index in [9.17, 15) is 4.79 Å². The molecule has 0 unspecified atom stereocenters. The minimum Gasteiger partial charge on any atom is -0.399 e. The average Bonchev–Trinajstić information content (AvgIpc) is 2.70. The van der Waals surface area contributed by atoms with E-state index in [1.165, 1.54) is 11.3 Å². The molecule has 0 aliphatic rings. The van der Waals surface area contributed by atoms with Crippen LogP contribution in [-0.2, 0) is 4.79 Å². The van der Waals surface area contributed by atoms with Gasteiger partial charge in [0.25, 0.3) is 0 Å². The fourth-order valence-electron chi connectivity index (χ4n) is 1.71. The van der Waals surface area contributed by atoms with Crippen LogP contribution in [0.4, 0.5) is 10.8 Å². The summed E-state index contributed by atoms with van der Waals surface area (Å²) in [5.74, 6) is 0.0375. The van der Waals surface area contributed by atoms with Crippen LogP contribution in [0.1, 0.15) is 32.6 Å². The Labute approximate surface area is 110 Å². The fraction of sp³-hybridized carbons (Fsp3) is 0.385. The molecule has 0 aliphatic heterocycles. The van der Waals surface area contributed by atoms with Crippen molar-refractivity contribution >= 4 is 38.3 Å². The Morgan fingerprint density at radius 2 is 2.28 bits per heavy atom. The summed E-state index contributed by atoms with van der Waals surface area (Å²) < 4.78 is 0.999. The van der Waals surface area contributed by atoms with Gasteiger partial charge in [0.15, 0.2) is 5.13 Å². The molecule has 0 saturated carbocycles. The molecule has 2 aromatic rings. The van der Waals surface area contributed by atoms with E-state index in [-0.39, 0.29) is 5.91 Å². The molecule has 0 fully saturated rings. The van der Waals surface area contributed by atoms with Gasteiger partial charge in [-0.1, -0.05) is 31.1 Å². The third-order valence-electron chi connectivity index (χ3n) is 2.67. The summed E-state index contributed by atoms with van der Waals surface area (Å²) in [5, 5.41) is 3.49. The predicted molar refractivity (Wildman–Crippen MR) is 76.8 cm³/mol. The van der Waals surface area contributed by atoms with Gasteiger partial charge < -0.3 is 11.1 Å². The Balaban J connectivity index is 2.01. The Morgan fingerprint density at radius 1 is 1.44 bits per heavy atom. The van der Waals surface area contributed by atoms with Gasteiger partial charge in [-0.3, -0.25) is 4.79 Å². The third kappa shape index (κ3) is 3.20. The Bertz CT molecular complexity index is 550. The number of nitrogens with one attached hydrogen (secondary N) is 1. The molecule has 96 valence electrons.